The maximum atomic E-state index is 14.4. The zero-order valence-corrected chi connectivity index (χ0v) is 15.8. The normalized spacial score (nSPS) is 21.8. The van der Waals surface area contributed by atoms with Gasteiger partial charge in [0.2, 0.25) is 0 Å². The molecule has 1 heterocycles. The number of rotatable bonds is 8. The summed E-state index contributed by atoms with van der Waals surface area (Å²) < 4.78 is 25.1. The predicted octanol–water partition coefficient (Wildman–Crippen LogP) is 4.86. The summed E-state index contributed by atoms with van der Waals surface area (Å²) >= 11 is 1.81. The number of pyridine rings is 1. The van der Waals surface area contributed by atoms with Gasteiger partial charge in [0.15, 0.2) is 11.6 Å². The van der Waals surface area contributed by atoms with Gasteiger partial charge in [-0.05, 0) is 43.0 Å². The van der Waals surface area contributed by atoms with Gasteiger partial charge in [-0.15, -0.1) is 11.8 Å². The van der Waals surface area contributed by atoms with Gasteiger partial charge in [0.25, 0.3) is 6.47 Å². The molecule has 142 valence electrons. The highest BCUT2D eigenvalue weighted by atomic mass is 32.2. The fraction of sp³-hybridized carbons (Fsp3) is 0.429. The Bertz CT molecular complexity index is 810. The van der Waals surface area contributed by atoms with E-state index < -0.39 is 5.82 Å². The number of hydrogen-bond acceptors (Lipinski definition) is 5. The van der Waals surface area contributed by atoms with Crippen LogP contribution < -0.4 is 4.74 Å². The molecule has 4 nitrogen and oxygen atoms in total. The summed E-state index contributed by atoms with van der Waals surface area (Å²) in [6, 6.07) is 8.85. The van der Waals surface area contributed by atoms with Crippen LogP contribution in [0.4, 0.5) is 4.39 Å². The lowest BCUT2D eigenvalue weighted by atomic mass is 10.1. The molecular formula is C21H22FNO3S. The van der Waals surface area contributed by atoms with E-state index in [1.54, 1.807) is 12.3 Å². The van der Waals surface area contributed by atoms with E-state index in [0.717, 1.165) is 22.6 Å². The standard InChI is InChI=1S/C21H22FNO3S/c22-18-10-14(17-11-20(17)26-13-24)7-8-19(18)25-12-15-4-3-9-23-21(15)27-16-5-1-2-6-16/h3-4,7-10,13,16-17,20H,1-2,5-6,11-12H2. The third-order valence-electron chi connectivity index (χ3n) is 5.16. The Morgan fingerprint density at radius 2 is 2.11 bits per heavy atom. The lowest BCUT2D eigenvalue weighted by Gasteiger charge is -2.13. The number of hydrogen-bond donors (Lipinski definition) is 0. The third kappa shape index (κ3) is 4.43. The molecule has 6 heteroatoms. The first-order chi connectivity index (χ1) is 13.2. The third-order valence-corrected chi connectivity index (χ3v) is 6.56. The van der Waals surface area contributed by atoms with Gasteiger partial charge in [0, 0.05) is 22.9 Å². The SMILES string of the molecule is O=COC1CC1c1ccc(OCc2cccnc2SC2CCCC2)c(F)c1. The highest BCUT2D eigenvalue weighted by Gasteiger charge is 2.40. The maximum absolute atomic E-state index is 14.4. The topological polar surface area (TPSA) is 48.4 Å². The monoisotopic (exact) mass is 387 g/mol. The van der Waals surface area contributed by atoms with Crippen molar-refractivity contribution in [2.24, 2.45) is 0 Å². The van der Waals surface area contributed by atoms with Crippen molar-refractivity contribution >= 4 is 18.2 Å². The van der Waals surface area contributed by atoms with Gasteiger partial charge in [-0.2, -0.15) is 0 Å². The second-order valence-electron chi connectivity index (χ2n) is 7.08. The molecule has 0 spiro atoms. The minimum Gasteiger partial charge on any atom is -0.486 e. The second-order valence-corrected chi connectivity index (χ2v) is 8.37. The van der Waals surface area contributed by atoms with Crippen LogP contribution in [0.5, 0.6) is 5.75 Å². The number of halogens is 1. The molecule has 2 aliphatic carbocycles. The highest BCUT2D eigenvalue weighted by molar-refractivity contribution is 7.99. The van der Waals surface area contributed by atoms with Crippen LogP contribution in [0.25, 0.3) is 0 Å². The lowest BCUT2D eigenvalue weighted by molar-refractivity contribution is -0.129. The van der Waals surface area contributed by atoms with Gasteiger partial charge in [-0.25, -0.2) is 9.37 Å². The van der Waals surface area contributed by atoms with Crippen LogP contribution in [0, 0.1) is 5.82 Å². The first-order valence-electron chi connectivity index (χ1n) is 9.36. The zero-order valence-electron chi connectivity index (χ0n) is 15.0. The van der Waals surface area contributed by atoms with Crippen LogP contribution in [-0.2, 0) is 16.1 Å². The van der Waals surface area contributed by atoms with Crippen LogP contribution >= 0.6 is 11.8 Å². The van der Waals surface area contributed by atoms with Crippen LogP contribution in [0.1, 0.15) is 49.1 Å². The molecule has 27 heavy (non-hydrogen) atoms. The van der Waals surface area contributed by atoms with Gasteiger partial charge in [0.05, 0.1) is 0 Å². The summed E-state index contributed by atoms with van der Waals surface area (Å²) in [7, 11) is 0. The Balaban J connectivity index is 1.39. The Hall–Kier alpha value is -2.08. The molecule has 0 radical (unpaired) electrons. The largest absolute Gasteiger partial charge is 0.486 e. The van der Waals surface area contributed by atoms with Crippen LogP contribution in [-0.4, -0.2) is 22.8 Å². The number of aromatic nitrogens is 1. The van der Waals surface area contributed by atoms with Crippen molar-refractivity contribution < 1.29 is 18.7 Å². The minimum atomic E-state index is -0.391. The molecule has 0 amide bonds. The Morgan fingerprint density at radius 1 is 1.26 bits per heavy atom. The van der Waals surface area contributed by atoms with E-state index in [9.17, 15) is 9.18 Å². The highest BCUT2D eigenvalue weighted by Crippen LogP contribution is 2.44. The summed E-state index contributed by atoms with van der Waals surface area (Å²) in [6.07, 6.45) is 7.45. The molecule has 2 atom stereocenters. The Morgan fingerprint density at radius 3 is 2.89 bits per heavy atom. The summed E-state index contributed by atoms with van der Waals surface area (Å²) in [6.45, 7) is 0.743. The summed E-state index contributed by atoms with van der Waals surface area (Å²) in [5.74, 6) is -0.0717. The van der Waals surface area contributed by atoms with E-state index in [-0.39, 0.29) is 17.8 Å². The number of benzene rings is 1. The van der Waals surface area contributed by atoms with E-state index in [1.807, 2.05) is 30.0 Å². The molecular weight excluding hydrogens is 365 g/mol. The summed E-state index contributed by atoms with van der Waals surface area (Å²) in [5.41, 5.74) is 1.82. The predicted molar refractivity (Wildman–Crippen MR) is 101 cm³/mol. The van der Waals surface area contributed by atoms with Crippen molar-refractivity contribution in [3.63, 3.8) is 0 Å². The summed E-state index contributed by atoms with van der Waals surface area (Å²) in [5, 5.41) is 1.60. The summed E-state index contributed by atoms with van der Waals surface area (Å²) in [4.78, 5) is 14.9. The average Bonchev–Trinajstić information content (AvgIpc) is 3.25. The molecule has 2 aliphatic rings. The van der Waals surface area contributed by atoms with Gasteiger partial charge >= 0.3 is 0 Å². The smallest absolute Gasteiger partial charge is 0.293 e. The van der Waals surface area contributed by atoms with Crippen molar-refractivity contribution in [1.82, 2.24) is 4.98 Å². The molecule has 0 N–H and O–H groups in total. The molecule has 1 aromatic heterocycles. The number of carbonyl (C=O) groups excluding carboxylic acids is 1. The quantitative estimate of drug-likeness (QED) is 0.605. The average molecular weight is 387 g/mol. The van der Waals surface area contributed by atoms with Gasteiger partial charge in [-0.3, -0.25) is 4.79 Å². The Kier molecular flexibility index (Phi) is 5.62. The molecule has 0 bridgehead atoms. The second kappa shape index (κ2) is 8.30. The first kappa shape index (κ1) is 18.3. The van der Waals surface area contributed by atoms with E-state index in [2.05, 4.69) is 4.98 Å². The van der Waals surface area contributed by atoms with Crippen molar-refractivity contribution in [2.75, 3.05) is 0 Å². The molecule has 2 unspecified atom stereocenters. The molecule has 0 saturated heterocycles. The number of thioether (sulfide) groups is 1. The van der Waals surface area contributed by atoms with E-state index in [1.165, 1.54) is 31.7 Å². The lowest BCUT2D eigenvalue weighted by Crippen LogP contribution is -2.03. The van der Waals surface area contributed by atoms with Crippen LogP contribution in [0.15, 0.2) is 41.6 Å². The van der Waals surface area contributed by atoms with Crippen LogP contribution in [0.3, 0.4) is 0 Å². The fourth-order valence-corrected chi connectivity index (χ4v) is 4.85. The number of nitrogens with zero attached hydrogens (tertiary/aromatic N) is 1. The first-order valence-corrected chi connectivity index (χ1v) is 10.2. The van der Waals surface area contributed by atoms with Crippen molar-refractivity contribution in [1.29, 1.82) is 0 Å². The molecule has 0 aliphatic heterocycles. The molecule has 2 aromatic rings. The van der Waals surface area contributed by atoms with Crippen molar-refractivity contribution in [3.05, 3.63) is 53.5 Å². The molecule has 2 fully saturated rings. The van der Waals surface area contributed by atoms with E-state index in [4.69, 9.17) is 9.47 Å². The number of ether oxygens (including phenoxy) is 2. The van der Waals surface area contributed by atoms with Crippen LogP contribution in [0.2, 0.25) is 0 Å². The fourth-order valence-electron chi connectivity index (χ4n) is 3.57. The minimum absolute atomic E-state index is 0.0893. The van der Waals surface area contributed by atoms with E-state index in [0.29, 0.717) is 18.3 Å². The number of carbonyl (C=O) groups is 1. The van der Waals surface area contributed by atoms with Gasteiger partial charge in [-0.1, -0.05) is 25.0 Å². The van der Waals surface area contributed by atoms with E-state index >= 15 is 0 Å². The zero-order chi connectivity index (χ0) is 18.6. The van der Waals surface area contributed by atoms with Gasteiger partial charge < -0.3 is 9.47 Å². The maximum Gasteiger partial charge on any atom is 0.293 e. The molecule has 4 rings (SSSR count). The molecule has 2 saturated carbocycles. The molecule has 1 aromatic carbocycles. The van der Waals surface area contributed by atoms with Gasteiger partial charge in [0.1, 0.15) is 17.7 Å². The van der Waals surface area contributed by atoms with Crippen molar-refractivity contribution in [3.8, 4) is 5.75 Å². The van der Waals surface area contributed by atoms with Crippen molar-refractivity contribution in [2.45, 2.75) is 61.0 Å². The Labute approximate surface area is 162 Å².